The maximum absolute atomic E-state index is 3.48. The molecule has 1 aromatic carbocycles. The molecule has 114 valence electrons. The first-order valence-corrected chi connectivity index (χ1v) is 7.68. The molecule has 0 heteroatoms. The normalized spacial score (nSPS) is 11.7. The van der Waals surface area contributed by atoms with Crippen molar-refractivity contribution in [3.63, 3.8) is 0 Å². The first-order chi connectivity index (χ1) is 8.95. The van der Waals surface area contributed by atoms with Gasteiger partial charge < -0.3 is 0 Å². The minimum atomic E-state index is 0.232. The number of aryl methyl sites for hydroxylation is 1. The van der Waals surface area contributed by atoms with Crippen LogP contribution in [0.3, 0.4) is 0 Å². The smallest absolute Gasteiger partial charge is 0.0129 e. The lowest BCUT2D eigenvalue weighted by Gasteiger charge is -2.29. The van der Waals surface area contributed by atoms with Crippen molar-refractivity contribution in [3.8, 4) is 0 Å². The quantitative estimate of drug-likeness (QED) is 0.514. The van der Waals surface area contributed by atoms with Crippen LogP contribution in [0.5, 0.6) is 0 Å². The second-order valence-electron chi connectivity index (χ2n) is 7.68. The molecule has 0 radical (unpaired) electrons. The number of hydrogen-bond acceptors (Lipinski definition) is 0. The third kappa shape index (κ3) is 5.53. The molecule has 1 rings (SSSR count). The van der Waals surface area contributed by atoms with E-state index in [0.717, 1.165) is 6.42 Å². The van der Waals surface area contributed by atoms with Gasteiger partial charge in [0, 0.05) is 0 Å². The topological polar surface area (TPSA) is 0 Å². The van der Waals surface area contributed by atoms with Gasteiger partial charge in [-0.2, -0.15) is 0 Å². The Kier molecular flexibility index (Phi) is 6.74. The zero-order valence-electron chi connectivity index (χ0n) is 15.1. The number of allylic oxidation sites excluding steroid dienone is 1. The Hall–Kier alpha value is -1.04. The van der Waals surface area contributed by atoms with E-state index in [0.29, 0.717) is 0 Å². The van der Waals surface area contributed by atoms with Crippen molar-refractivity contribution in [1.29, 1.82) is 0 Å². The Morgan fingerprint density at radius 2 is 1.20 bits per heavy atom. The van der Waals surface area contributed by atoms with Crippen molar-refractivity contribution in [3.05, 3.63) is 47.0 Å². The van der Waals surface area contributed by atoms with Crippen LogP contribution < -0.4 is 0 Å². The first-order valence-electron chi connectivity index (χ1n) is 7.68. The average molecular weight is 274 g/mol. The summed E-state index contributed by atoms with van der Waals surface area (Å²) in [6, 6.07) is 4.68. The van der Waals surface area contributed by atoms with Gasteiger partial charge in [-0.25, -0.2) is 0 Å². The van der Waals surface area contributed by atoms with Gasteiger partial charge in [0.2, 0.25) is 0 Å². The van der Waals surface area contributed by atoms with Crippen molar-refractivity contribution in [2.45, 2.75) is 79.6 Å². The highest BCUT2D eigenvalue weighted by Crippen LogP contribution is 2.34. The van der Waals surface area contributed by atoms with Crippen LogP contribution in [0.15, 0.2) is 24.8 Å². The van der Waals surface area contributed by atoms with Gasteiger partial charge in [0.05, 0.1) is 0 Å². The second kappa shape index (κ2) is 7.11. The van der Waals surface area contributed by atoms with Gasteiger partial charge >= 0.3 is 0 Å². The van der Waals surface area contributed by atoms with Crippen LogP contribution in [0, 0.1) is 13.8 Å². The molecule has 0 unspecified atom stereocenters. The summed E-state index contributed by atoms with van der Waals surface area (Å²) in [6.45, 7) is 23.8. The molecule has 0 amide bonds. The number of rotatable bonds is 1. The summed E-state index contributed by atoms with van der Waals surface area (Å²) in [4.78, 5) is 0. The van der Waals surface area contributed by atoms with Crippen LogP contribution >= 0.6 is 0 Å². The lowest BCUT2D eigenvalue weighted by atomic mass is 9.76. The highest BCUT2D eigenvalue weighted by Gasteiger charge is 2.23. The number of hydrogen-bond donors (Lipinski definition) is 0. The molecule has 0 aliphatic rings. The van der Waals surface area contributed by atoms with E-state index in [2.05, 4.69) is 81.0 Å². The van der Waals surface area contributed by atoms with Gasteiger partial charge in [0.1, 0.15) is 0 Å². The van der Waals surface area contributed by atoms with E-state index < -0.39 is 0 Å². The lowest BCUT2D eigenvalue weighted by molar-refractivity contribution is 0.560. The molecular formula is C20H34. The van der Waals surface area contributed by atoms with E-state index in [1.807, 2.05) is 6.08 Å². The summed E-state index contributed by atoms with van der Waals surface area (Å²) in [5.41, 5.74) is 6.27. The molecule has 0 fully saturated rings. The Balaban J connectivity index is 0.000000796. The summed E-state index contributed by atoms with van der Waals surface area (Å²) in [5.74, 6) is 0. The van der Waals surface area contributed by atoms with Crippen LogP contribution in [0.4, 0.5) is 0 Å². The largest absolute Gasteiger partial charge is 0.103 e. The molecule has 0 bridgehead atoms. The van der Waals surface area contributed by atoms with Crippen LogP contribution in [0.1, 0.15) is 77.1 Å². The predicted molar refractivity (Wildman–Crippen MR) is 93.8 cm³/mol. The summed E-state index contributed by atoms with van der Waals surface area (Å²) in [7, 11) is 0. The molecule has 0 nitrogen and oxygen atoms in total. The van der Waals surface area contributed by atoms with E-state index >= 15 is 0 Å². The Bertz CT molecular complexity index is 401. The van der Waals surface area contributed by atoms with Crippen LogP contribution in [-0.4, -0.2) is 0 Å². The molecule has 0 heterocycles. The average Bonchev–Trinajstić information content (AvgIpc) is 2.29. The van der Waals surface area contributed by atoms with Crippen LogP contribution in [0.25, 0.3) is 0 Å². The monoisotopic (exact) mass is 274 g/mol. The van der Waals surface area contributed by atoms with Crippen LogP contribution in [-0.2, 0) is 10.8 Å². The van der Waals surface area contributed by atoms with E-state index in [1.54, 1.807) is 0 Å². The van der Waals surface area contributed by atoms with E-state index in [9.17, 15) is 0 Å². The molecule has 0 atom stereocenters. The van der Waals surface area contributed by atoms with Crippen molar-refractivity contribution in [2.75, 3.05) is 0 Å². The Morgan fingerprint density at radius 3 is 1.40 bits per heavy atom. The lowest BCUT2D eigenvalue weighted by Crippen LogP contribution is -2.19. The van der Waals surface area contributed by atoms with Gasteiger partial charge in [-0.15, -0.1) is 6.58 Å². The Labute approximate surface area is 127 Å². The van der Waals surface area contributed by atoms with Crippen molar-refractivity contribution >= 4 is 0 Å². The minimum Gasteiger partial charge on any atom is -0.103 e. The predicted octanol–water partition coefficient (Wildman–Crippen LogP) is 6.48. The van der Waals surface area contributed by atoms with Crippen molar-refractivity contribution in [1.82, 2.24) is 0 Å². The van der Waals surface area contributed by atoms with Gasteiger partial charge in [-0.05, 0) is 47.8 Å². The minimum absolute atomic E-state index is 0.232. The third-order valence-corrected chi connectivity index (χ3v) is 3.46. The maximum atomic E-state index is 3.48. The zero-order chi connectivity index (χ0) is 16.1. The third-order valence-electron chi connectivity index (χ3n) is 3.46. The maximum Gasteiger partial charge on any atom is -0.0129 e. The fraction of sp³-hybridized carbons (Fsp3) is 0.600. The highest BCUT2D eigenvalue weighted by molar-refractivity contribution is 5.44. The van der Waals surface area contributed by atoms with Crippen molar-refractivity contribution < 1.29 is 0 Å². The molecule has 0 aliphatic carbocycles. The highest BCUT2D eigenvalue weighted by atomic mass is 14.3. The van der Waals surface area contributed by atoms with Gasteiger partial charge in [0.15, 0.2) is 0 Å². The van der Waals surface area contributed by atoms with E-state index in [1.165, 1.54) is 22.3 Å². The molecule has 0 saturated heterocycles. The zero-order valence-corrected chi connectivity index (χ0v) is 15.1. The van der Waals surface area contributed by atoms with Gasteiger partial charge in [-0.1, -0.05) is 72.2 Å². The van der Waals surface area contributed by atoms with Gasteiger partial charge in [0.25, 0.3) is 0 Å². The molecule has 0 spiro atoms. The molecule has 0 saturated carbocycles. The fourth-order valence-electron chi connectivity index (χ4n) is 2.42. The summed E-state index contributed by atoms with van der Waals surface area (Å²) < 4.78 is 0. The molecule has 0 aliphatic heterocycles. The van der Waals surface area contributed by atoms with Gasteiger partial charge in [-0.3, -0.25) is 0 Å². The molecule has 0 N–H and O–H groups in total. The summed E-state index contributed by atoms with van der Waals surface area (Å²) in [5, 5.41) is 0. The standard InChI is InChI=1S/C16H26.C4H8/c1-11-9-13(15(3,4)5)12(2)14(10-11)16(6,7)8;1-3-4-2/h9-10H,1-8H3;3H,1,4H2,2H3. The van der Waals surface area contributed by atoms with E-state index in [4.69, 9.17) is 0 Å². The second-order valence-corrected chi connectivity index (χ2v) is 7.68. The molecular weight excluding hydrogens is 240 g/mol. The first kappa shape index (κ1) is 19.0. The Morgan fingerprint density at radius 1 is 0.900 bits per heavy atom. The molecule has 1 aromatic rings. The molecule has 20 heavy (non-hydrogen) atoms. The van der Waals surface area contributed by atoms with Crippen LogP contribution in [0.2, 0.25) is 0 Å². The fourth-order valence-corrected chi connectivity index (χ4v) is 2.42. The van der Waals surface area contributed by atoms with Crippen molar-refractivity contribution in [2.24, 2.45) is 0 Å². The molecule has 0 aromatic heterocycles. The van der Waals surface area contributed by atoms with E-state index in [-0.39, 0.29) is 10.8 Å². The SMILES string of the molecule is C=CCC.Cc1cc(C(C)(C)C)c(C)c(C(C)(C)C)c1. The number of benzene rings is 1. The summed E-state index contributed by atoms with van der Waals surface area (Å²) in [6.07, 6.45) is 2.96. The summed E-state index contributed by atoms with van der Waals surface area (Å²) >= 11 is 0.